The Balaban J connectivity index is 1.52. The normalized spacial score (nSPS) is 15.9. The van der Waals surface area contributed by atoms with E-state index >= 15 is 0 Å². The molecule has 8 heteroatoms. The Morgan fingerprint density at radius 1 is 1.17 bits per heavy atom. The molecular weight excluding hydrogens is 310 g/mol. The maximum absolute atomic E-state index is 12.5. The van der Waals surface area contributed by atoms with Gasteiger partial charge in [0, 0.05) is 38.6 Å². The second kappa shape index (κ2) is 7.12. The number of carbonyl (C=O) groups excluding carboxylic acids is 2. The molecule has 0 bridgehead atoms. The van der Waals surface area contributed by atoms with Gasteiger partial charge in [-0.25, -0.2) is 9.97 Å². The smallest absolute Gasteiger partial charge is 0.287 e. The largest absolute Gasteiger partial charge is 0.459 e. The number of carbonyl (C=O) groups is 2. The van der Waals surface area contributed by atoms with Crippen LogP contribution in [0.2, 0.25) is 0 Å². The Morgan fingerprint density at radius 2 is 1.88 bits per heavy atom. The number of nitrogens with zero attached hydrogens (tertiary/aromatic N) is 4. The summed E-state index contributed by atoms with van der Waals surface area (Å²) in [5, 5.41) is 2.66. The first kappa shape index (κ1) is 16.0. The Bertz CT molecular complexity index is 681. The molecule has 1 atom stereocenters. The predicted molar refractivity (Wildman–Crippen MR) is 86.5 cm³/mol. The number of hydrogen-bond acceptors (Lipinski definition) is 6. The molecule has 1 aliphatic rings. The Labute approximate surface area is 139 Å². The van der Waals surface area contributed by atoms with Crippen molar-refractivity contribution in [2.75, 3.05) is 31.1 Å². The van der Waals surface area contributed by atoms with Crippen molar-refractivity contribution in [2.24, 2.45) is 0 Å². The number of hydrogen-bond donors (Lipinski definition) is 1. The topological polar surface area (TPSA) is 91.6 Å². The molecule has 0 saturated carbocycles. The third kappa shape index (κ3) is 3.53. The van der Waals surface area contributed by atoms with Gasteiger partial charge in [0.25, 0.3) is 5.91 Å². The third-order valence-electron chi connectivity index (χ3n) is 3.89. The molecule has 1 fully saturated rings. The molecule has 2 aromatic rings. The fourth-order valence-corrected chi connectivity index (χ4v) is 2.59. The van der Waals surface area contributed by atoms with Crippen molar-refractivity contribution in [3.05, 3.63) is 42.6 Å². The summed E-state index contributed by atoms with van der Waals surface area (Å²) in [5.41, 5.74) is 0. The highest BCUT2D eigenvalue weighted by Gasteiger charge is 2.27. The fourth-order valence-electron chi connectivity index (χ4n) is 2.59. The molecule has 3 rings (SSSR count). The van der Waals surface area contributed by atoms with Crippen LogP contribution in [0.4, 0.5) is 5.95 Å². The first-order valence-electron chi connectivity index (χ1n) is 7.80. The van der Waals surface area contributed by atoms with Gasteiger partial charge in [-0.15, -0.1) is 0 Å². The highest BCUT2D eigenvalue weighted by Crippen LogP contribution is 2.10. The van der Waals surface area contributed by atoms with Crippen LogP contribution in [0.25, 0.3) is 0 Å². The summed E-state index contributed by atoms with van der Waals surface area (Å²) in [6.45, 7) is 4.13. The van der Waals surface area contributed by atoms with Gasteiger partial charge in [0.15, 0.2) is 5.76 Å². The number of anilines is 1. The van der Waals surface area contributed by atoms with Crippen molar-refractivity contribution >= 4 is 17.8 Å². The minimum atomic E-state index is -0.609. The van der Waals surface area contributed by atoms with Gasteiger partial charge in [-0.2, -0.15) is 0 Å². The summed E-state index contributed by atoms with van der Waals surface area (Å²) in [6.07, 6.45) is 4.82. The molecule has 2 aromatic heterocycles. The van der Waals surface area contributed by atoms with Crippen LogP contribution in [0.1, 0.15) is 17.5 Å². The number of furan rings is 1. The van der Waals surface area contributed by atoms with E-state index in [1.165, 1.54) is 6.26 Å². The lowest BCUT2D eigenvalue weighted by molar-refractivity contribution is -0.133. The van der Waals surface area contributed by atoms with E-state index < -0.39 is 11.9 Å². The maximum atomic E-state index is 12.5. The van der Waals surface area contributed by atoms with E-state index in [4.69, 9.17) is 4.42 Å². The van der Waals surface area contributed by atoms with Gasteiger partial charge in [0.2, 0.25) is 11.9 Å². The number of rotatable bonds is 4. The first-order valence-corrected chi connectivity index (χ1v) is 7.80. The van der Waals surface area contributed by atoms with E-state index in [2.05, 4.69) is 15.3 Å². The molecule has 0 spiro atoms. The summed E-state index contributed by atoms with van der Waals surface area (Å²) in [5.74, 6) is 0.366. The average molecular weight is 329 g/mol. The molecule has 0 unspecified atom stereocenters. The van der Waals surface area contributed by atoms with Gasteiger partial charge in [0.05, 0.1) is 6.26 Å². The number of piperazine rings is 1. The van der Waals surface area contributed by atoms with Crippen molar-refractivity contribution in [3.63, 3.8) is 0 Å². The molecule has 0 aliphatic carbocycles. The van der Waals surface area contributed by atoms with Crippen LogP contribution in [0.5, 0.6) is 0 Å². The zero-order chi connectivity index (χ0) is 16.9. The number of nitrogens with one attached hydrogen (secondary N) is 1. The van der Waals surface area contributed by atoms with Crippen LogP contribution in [0.3, 0.4) is 0 Å². The molecule has 2 amide bonds. The molecule has 1 aliphatic heterocycles. The zero-order valence-electron chi connectivity index (χ0n) is 13.4. The van der Waals surface area contributed by atoms with Crippen LogP contribution in [0, 0.1) is 0 Å². The second-order valence-corrected chi connectivity index (χ2v) is 5.53. The van der Waals surface area contributed by atoms with E-state index in [1.54, 1.807) is 42.4 Å². The predicted octanol–water partition coefficient (Wildman–Crippen LogP) is 0.537. The van der Waals surface area contributed by atoms with Crippen molar-refractivity contribution in [1.82, 2.24) is 20.2 Å². The van der Waals surface area contributed by atoms with Crippen molar-refractivity contribution in [1.29, 1.82) is 0 Å². The van der Waals surface area contributed by atoms with E-state index in [0.717, 1.165) is 0 Å². The average Bonchev–Trinajstić information content (AvgIpc) is 3.17. The molecule has 1 saturated heterocycles. The van der Waals surface area contributed by atoms with Gasteiger partial charge < -0.3 is 19.5 Å². The monoisotopic (exact) mass is 329 g/mol. The van der Waals surface area contributed by atoms with Gasteiger partial charge in [-0.05, 0) is 25.1 Å². The van der Waals surface area contributed by atoms with Gasteiger partial charge in [0.1, 0.15) is 6.04 Å². The Morgan fingerprint density at radius 3 is 2.50 bits per heavy atom. The third-order valence-corrected chi connectivity index (χ3v) is 3.89. The molecule has 0 aromatic carbocycles. The zero-order valence-corrected chi connectivity index (χ0v) is 13.4. The van der Waals surface area contributed by atoms with E-state index in [1.807, 2.05) is 4.90 Å². The van der Waals surface area contributed by atoms with Gasteiger partial charge in [-0.1, -0.05) is 0 Å². The number of aromatic nitrogens is 2. The summed E-state index contributed by atoms with van der Waals surface area (Å²) < 4.78 is 5.03. The Kier molecular flexibility index (Phi) is 4.74. The minimum Gasteiger partial charge on any atom is -0.459 e. The summed E-state index contributed by atoms with van der Waals surface area (Å²) in [7, 11) is 0. The molecule has 0 radical (unpaired) electrons. The Hall–Kier alpha value is -2.90. The maximum Gasteiger partial charge on any atom is 0.287 e. The summed E-state index contributed by atoms with van der Waals surface area (Å²) in [4.78, 5) is 36.6. The second-order valence-electron chi connectivity index (χ2n) is 5.53. The fraction of sp³-hybridized carbons (Fsp3) is 0.375. The van der Waals surface area contributed by atoms with E-state index in [0.29, 0.717) is 32.1 Å². The summed E-state index contributed by atoms with van der Waals surface area (Å²) >= 11 is 0. The van der Waals surface area contributed by atoms with Crippen molar-refractivity contribution < 1.29 is 14.0 Å². The standard InChI is InChI=1S/C16H19N5O3/c1-12(19-14(22)13-4-2-11-24-13)15(23)20-7-9-21(10-8-20)16-17-5-3-6-18-16/h2-6,11-12H,7-10H2,1H3,(H,19,22)/t12-/m1/s1. The van der Waals surface area contributed by atoms with Crippen molar-refractivity contribution in [2.45, 2.75) is 13.0 Å². The first-order chi connectivity index (χ1) is 11.6. The quantitative estimate of drug-likeness (QED) is 0.880. The SMILES string of the molecule is C[C@@H](NC(=O)c1ccco1)C(=O)N1CCN(c2ncccn2)CC1. The highest BCUT2D eigenvalue weighted by molar-refractivity contribution is 5.95. The molecule has 24 heavy (non-hydrogen) atoms. The van der Waals surface area contributed by atoms with Crippen LogP contribution < -0.4 is 10.2 Å². The van der Waals surface area contributed by atoms with Crippen molar-refractivity contribution in [3.8, 4) is 0 Å². The lowest BCUT2D eigenvalue weighted by atomic mass is 10.2. The van der Waals surface area contributed by atoms with Crippen LogP contribution in [-0.4, -0.2) is 58.9 Å². The molecular formula is C16H19N5O3. The molecule has 1 N–H and O–H groups in total. The minimum absolute atomic E-state index is 0.108. The lowest BCUT2D eigenvalue weighted by Gasteiger charge is -2.35. The lowest BCUT2D eigenvalue weighted by Crippen LogP contribution is -2.54. The summed E-state index contributed by atoms with van der Waals surface area (Å²) in [6, 6.07) is 4.35. The molecule has 3 heterocycles. The van der Waals surface area contributed by atoms with Gasteiger partial charge in [-0.3, -0.25) is 9.59 Å². The van der Waals surface area contributed by atoms with E-state index in [9.17, 15) is 9.59 Å². The molecule has 8 nitrogen and oxygen atoms in total. The van der Waals surface area contributed by atoms with Crippen LogP contribution >= 0.6 is 0 Å². The van der Waals surface area contributed by atoms with Crippen LogP contribution in [-0.2, 0) is 4.79 Å². The van der Waals surface area contributed by atoms with Gasteiger partial charge >= 0.3 is 0 Å². The van der Waals surface area contributed by atoms with Crippen LogP contribution in [0.15, 0.2) is 41.3 Å². The highest BCUT2D eigenvalue weighted by atomic mass is 16.3. The molecule has 126 valence electrons. The number of amides is 2. The van der Waals surface area contributed by atoms with E-state index in [-0.39, 0.29) is 11.7 Å².